The van der Waals surface area contributed by atoms with E-state index in [0.29, 0.717) is 0 Å². The van der Waals surface area contributed by atoms with Gasteiger partial charge in [0, 0.05) is 0 Å². The lowest BCUT2D eigenvalue weighted by Gasteiger charge is -2.09. The molecule has 112 valence electrons. The Kier molecular flexibility index (Phi) is 4.92. The molecule has 0 saturated carbocycles. The summed E-state index contributed by atoms with van der Waals surface area (Å²) in [4.78, 5) is 10.9. The highest BCUT2D eigenvalue weighted by Gasteiger charge is 2.17. The summed E-state index contributed by atoms with van der Waals surface area (Å²) in [5.41, 5.74) is 0.147. The number of rotatable bonds is 6. The van der Waals surface area contributed by atoms with Crippen LogP contribution in [0.25, 0.3) is 0 Å². The van der Waals surface area contributed by atoms with Crippen LogP contribution in [-0.4, -0.2) is 35.7 Å². The predicted molar refractivity (Wildman–Crippen MR) is 72.6 cm³/mol. The maximum atomic E-state index is 11.6. The van der Waals surface area contributed by atoms with E-state index in [1.165, 1.54) is 24.3 Å². The fourth-order valence-corrected chi connectivity index (χ4v) is 2.68. The van der Waals surface area contributed by atoms with Crippen LogP contribution in [0.1, 0.15) is 0 Å². The summed E-state index contributed by atoms with van der Waals surface area (Å²) in [6.45, 7) is 0. The van der Waals surface area contributed by atoms with E-state index in [1.807, 2.05) is 4.72 Å². The first-order valence-corrected chi connectivity index (χ1v) is 8.29. The van der Waals surface area contributed by atoms with Gasteiger partial charge in [-0.1, -0.05) is 6.07 Å². The topological polar surface area (TPSA) is 145 Å². The van der Waals surface area contributed by atoms with Gasteiger partial charge in [-0.15, -0.1) is 0 Å². The van der Waals surface area contributed by atoms with Gasteiger partial charge in [0.05, 0.1) is 18.5 Å². The van der Waals surface area contributed by atoms with Crippen LogP contribution in [0.2, 0.25) is 0 Å². The van der Waals surface area contributed by atoms with Gasteiger partial charge >= 0.3 is 5.97 Å². The molecule has 0 aliphatic carbocycles. The van der Waals surface area contributed by atoms with E-state index in [-0.39, 0.29) is 11.4 Å². The smallest absolute Gasteiger partial charge is 0.322 e. The summed E-state index contributed by atoms with van der Waals surface area (Å²) in [6, 6.07) is 5.37. The van der Waals surface area contributed by atoms with Gasteiger partial charge in [-0.05, 0) is 18.2 Å². The molecular weight excluding hydrogens is 310 g/mol. The molecule has 11 heteroatoms. The average molecular weight is 323 g/mol. The Balaban J connectivity index is 2.88. The number of sulfonamides is 1. The molecule has 0 atom stereocenters. The lowest BCUT2D eigenvalue weighted by atomic mass is 10.3. The van der Waals surface area contributed by atoms with Crippen molar-refractivity contribution < 1.29 is 26.4 Å². The number of ether oxygens (including phenoxy) is 1. The summed E-state index contributed by atoms with van der Waals surface area (Å²) in [5, 5.41) is 4.79. The van der Waals surface area contributed by atoms with Crippen molar-refractivity contribution in [3.8, 4) is 0 Å². The third-order valence-electron chi connectivity index (χ3n) is 1.93. The molecule has 0 bridgehead atoms. The van der Waals surface area contributed by atoms with Crippen molar-refractivity contribution in [2.75, 3.05) is 22.3 Å². The van der Waals surface area contributed by atoms with Crippen LogP contribution in [-0.2, 0) is 29.8 Å². The van der Waals surface area contributed by atoms with E-state index in [9.17, 15) is 21.6 Å². The monoisotopic (exact) mass is 323 g/mol. The van der Waals surface area contributed by atoms with E-state index in [1.54, 1.807) is 0 Å². The van der Waals surface area contributed by atoms with Crippen LogP contribution in [0, 0.1) is 0 Å². The molecule has 0 radical (unpaired) electrons. The molecule has 1 aromatic rings. The first kappa shape index (κ1) is 16.2. The van der Waals surface area contributed by atoms with Gasteiger partial charge < -0.3 is 4.74 Å². The lowest BCUT2D eigenvalue weighted by Crippen LogP contribution is -2.24. The maximum Gasteiger partial charge on any atom is 0.322 e. The van der Waals surface area contributed by atoms with Crippen molar-refractivity contribution in [3.63, 3.8) is 0 Å². The van der Waals surface area contributed by atoms with Gasteiger partial charge in [-0.3, -0.25) is 14.2 Å². The number of esters is 1. The standard InChI is InChI=1S/C9H13N3O6S2/c1-18-9(13)6-19(14,15)11-7-3-2-4-8(5-7)12-20(10,16)17/h2-5,11-12H,6H2,1H3,(H2,10,16,17). The number of benzene rings is 1. The van der Waals surface area contributed by atoms with E-state index in [0.717, 1.165) is 7.11 Å². The molecule has 0 fully saturated rings. The maximum absolute atomic E-state index is 11.6. The fourth-order valence-electron chi connectivity index (χ4n) is 1.24. The molecule has 0 aliphatic heterocycles. The number of anilines is 2. The van der Waals surface area contributed by atoms with Gasteiger partial charge in [0.2, 0.25) is 10.0 Å². The van der Waals surface area contributed by atoms with Crippen LogP contribution < -0.4 is 14.6 Å². The minimum Gasteiger partial charge on any atom is -0.468 e. The van der Waals surface area contributed by atoms with Crippen LogP contribution in [0.4, 0.5) is 11.4 Å². The molecule has 0 spiro atoms. The molecule has 0 amide bonds. The molecule has 0 unspecified atom stereocenters. The number of carbonyl (C=O) groups is 1. The normalized spacial score (nSPS) is 11.7. The molecule has 0 saturated heterocycles. The Morgan fingerprint density at radius 1 is 1.20 bits per heavy atom. The fraction of sp³-hybridized carbons (Fsp3) is 0.222. The van der Waals surface area contributed by atoms with Crippen molar-refractivity contribution in [2.24, 2.45) is 5.14 Å². The summed E-state index contributed by atoms with van der Waals surface area (Å²) >= 11 is 0. The third kappa shape index (κ3) is 5.86. The number of nitrogens with one attached hydrogen (secondary N) is 2. The number of carbonyl (C=O) groups excluding carboxylic acids is 1. The second-order valence-corrected chi connectivity index (χ2v) is 6.68. The summed E-state index contributed by atoms with van der Waals surface area (Å²) < 4.78 is 53.2. The van der Waals surface area contributed by atoms with Crippen LogP contribution in [0.5, 0.6) is 0 Å². The van der Waals surface area contributed by atoms with Gasteiger partial charge in [0.15, 0.2) is 5.75 Å². The third-order valence-corrected chi connectivity index (χ3v) is 3.61. The number of methoxy groups -OCH3 is 1. The predicted octanol–water partition coefficient (Wildman–Crippen LogP) is -0.783. The molecule has 0 heterocycles. The van der Waals surface area contributed by atoms with E-state index < -0.39 is 32.0 Å². The SMILES string of the molecule is COC(=O)CS(=O)(=O)Nc1cccc(NS(N)(=O)=O)c1. The Labute approximate surface area is 116 Å². The Morgan fingerprint density at radius 3 is 2.25 bits per heavy atom. The van der Waals surface area contributed by atoms with Gasteiger partial charge in [0.1, 0.15) is 0 Å². The van der Waals surface area contributed by atoms with Gasteiger partial charge in [-0.2, -0.15) is 8.42 Å². The number of hydrogen-bond donors (Lipinski definition) is 3. The van der Waals surface area contributed by atoms with Crippen molar-refractivity contribution in [3.05, 3.63) is 24.3 Å². The highest BCUT2D eigenvalue weighted by atomic mass is 32.2. The number of nitrogens with two attached hydrogens (primary N) is 1. The summed E-state index contributed by atoms with van der Waals surface area (Å²) in [6.07, 6.45) is 0. The second-order valence-electron chi connectivity index (χ2n) is 3.67. The molecule has 0 aromatic heterocycles. The van der Waals surface area contributed by atoms with Crippen molar-refractivity contribution in [2.45, 2.75) is 0 Å². The van der Waals surface area contributed by atoms with Crippen LogP contribution >= 0.6 is 0 Å². The second kappa shape index (κ2) is 6.07. The zero-order valence-electron chi connectivity index (χ0n) is 10.4. The minimum atomic E-state index is -3.96. The largest absolute Gasteiger partial charge is 0.468 e. The first-order valence-electron chi connectivity index (χ1n) is 5.09. The van der Waals surface area contributed by atoms with Crippen molar-refractivity contribution in [1.29, 1.82) is 0 Å². The summed E-state index contributed by atoms with van der Waals surface area (Å²) in [5.74, 6) is -1.77. The Bertz CT molecular complexity index is 698. The quantitative estimate of drug-likeness (QED) is 0.585. The average Bonchev–Trinajstić information content (AvgIpc) is 2.25. The van der Waals surface area contributed by atoms with E-state index in [2.05, 4.69) is 9.46 Å². The zero-order chi connectivity index (χ0) is 15.4. The van der Waals surface area contributed by atoms with Crippen LogP contribution in [0.15, 0.2) is 24.3 Å². The van der Waals surface area contributed by atoms with Gasteiger partial charge in [0.25, 0.3) is 10.2 Å². The van der Waals surface area contributed by atoms with Gasteiger partial charge in [-0.25, -0.2) is 13.6 Å². The van der Waals surface area contributed by atoms with Crippen molar-refractivity contribution >= 4 is 37.6 Å². The highest BCUT2D eigenvalue weighted by molar-refractivity contribution is 7.93. The first-order chi connectivity index (χ1) is 9.11. The van der Waals surface area contributed by atoms with E-state index >= 15 is 0 Å². The molecular formula is C9H13N3O6S2. The molecule has 4 N–H and O–H groups in total. The lowest BCUT2D eigenvalue weighted by molar-refractivity contribution is -0.137. The van der Waals surface area contributed by atoms with Crippen LogP contribution in [0.3, 0.4) is 0 Å². The Morgan fingerprint density at radius 2 is 1.75 bits per heavy atom. The molecule has 20 heavy (non-hydrogen) atoms. The van der Waals surface area contributed by atoms with E-state index in [4.69, 9.17) is 5.14 Å². The molecule has 1 rings (SSSR count). The molecule has 1 aromatic carbocycles. The highest BCUT2D eigenvalue weighted by Crippen LogP contribution is 2.16. The Hall–Kier alpha value is -1.85. The summed E-state index contributed by atoms with van der Waals surface area (Å²) in [7, 11) is -6.84. The minimum absolute atomic E-state index is 0.0718. The van der Waals surface area contributed by atoms with Crippen molar-refractivity contribution in [1.82, 2.24) is 0 Å². The molecule has 9 nitrogen and oxygen atoms in total. The molecule has 0 aliphatic rings. The number of hydrogen-bond acceptors (Lipinski definition) is 6. The zero-order valence-corrected chi connectivity index (χ0v) is 12.0.